The summed E-state index contributed by atoms with van der Waals surface area (Å²) in [7, 11) is 0. The Bertz CT molecular complexity index is 683. The topological polar surface area (TPSA) is 86.6 Å². The second-order valence-electron chi connectivity index (χ2n) is 4.32. The number of hydrogen-bond donors (Lipinski definition) is 3. The van der Waals surface area contributed by atoms with Crippen LogP contribution in [0.1, 0.15) is 26.3 Å². The summed E-state index contributed by atoms with van der Waals surface area (Å²) in [6.07, 6.45) is 0. The number of benzene rings is 2. The number of anilines is 1. The van der Waals surface area contributed by atoms with E-state index in [1.807, 2.05) is 0 Å². The lowest BCUT2D eigenvalue weighted by Crippen LogP contribution is -2.12. The SMILES string of the molecule is O=C(O)c1ccc(O)c(NC(=O)c2ccc(CBr)cc2)c1. The zero-order valence-electron chi connectivity index (χ0n) is 10.8. The van der Waals surface area contributed by atoms with Gasteiger partial charge in [0.1, 0.15) is 5.75 Å². The van der Waals surface area contributed by atoms with Crippen molar-refractivity contribution < 1.29 is 19.8 Å². The molecule has 6 heteroatoms. The monoisotopic (exact) mass is 349 g/mol. The summed E-state index contributed by atoms with van der Waals surface area (Å²) >= 11 is 3.31. The molecule has 0 aliphatic carbocycles. The fourth-order valence-electron chi connectivity index (χ4n) is 1.71. The van der Waals surface area contributed by atoms with Gasteiger partial charge in [-0.05, 0) is 35.9 Å². The summed E-state index contributed by atoms with van der Waals surface area (Å²) in [6, 6.07) is 10.6. The van der Waals surface area contributed by atoms with Gasteiger partial charge in [-0.3, -0.25) is 4.79 Å². The molecule has 2 rings (SSSR count). The number of nitrogens with one attached hydrogen (secondary N) is 1. The molecule has 0 bridgehead atoms. The Morgan fingerprint density at radius 1 is 1.05 bits per heavy atom. The molecule has 0 unspecified atom stereocenters. The van der Waals surface area contributed by atoms with E-state index in [9.17, 15) is 14.7 Å². The molecule has 2 aromatic rings. The first-order valence-corrected chi connectivity index (χ1v) is 7.16. The van der Waals surface area contributed by atoms with E-state index < -0.39 is 11.9 Å². The summed E-state index contributed by atoms with van der Waals surface area (Å²) in [5, 5.41) is 21.8. The molecule has 0 aromatic heterocycles. The number of amides is 1. The van der Waals surface area contributed by atoms with Gasteiger partial charge in [-0.2, -0.15) is 0 Å². The van der Waals surface area contributed by atoms with Crippen molar-refractivity contribution in [3.63, 3.8) is 0 Å². The van der Waals surface area contributed by atoms with Gasteiger partial charge in [-0.1, -0.05) is 28.1 Å². The van der Waals surface area contributed by atoms with Crippen molar-refractivity contribution in [3.8, 4) is 5.75 Å². The molecular formula is C15H12BrNO4. The average molecular weight is 350 g/mol. The minimum atomic E-state index is -1.13. The summed E-state index contributed by atoms with van der Waals surface area (Å²) in [5.41, 5.74) is 1.49. The first-order chi connectivity index (χ1) is 10.0. The Hall–Kier alpha value is -2.34. The maximum absolute atomic E-state index is 12.1. The van der Waals surface area contributed by atoms with Gasteiger partial charge in [0, 0.05) is 10.9 Å². The van der Waals surface area contributed by atoms with Crippen LogP contribution in [0.5, 0.6) is 5.75 Å². The van der Waals surface area contributed by atoms with Crippen LogP contribution in [0.25, 0.3) is 0 Å². The summed E-state index contributed by atoms with van der Waals surface area (Å²) in [4.78, 5) is 23.0. The fourth-order valence-corrected chi connectivity index (χ4v) is 2.08. The van der Waals surface area contributed by atoms with E-state index >= 15 is 0 Å². The second-order valence-corrected chi connectivity index (χ2v) is 4.88. The van der Waals surface area contributed by atoms with E-state index in [0.717, 1.165) is 5.56 Å². The summed E-state index contributed by atoms with van der Waals surface area (Å²) in [5.74, 6) is -1.74. The van der Waals surface area contributed by atoms with E-state index in [1.165, 1.54) is 18.2 Å². The van der Waals surface area contributed by atoms with Crippen LogP contribution in [0.4, 0.5) is 5.69 Å². The van der Waals surface area contributed by atoms with Gasteiger partial charge < -0.3 is 15.5 Å². The Kier molecular flexibility index (Phi) is 4.59. The predicted octanol–water partition coefficient (Wildman–Crippen LogP) is 3.24. The molecule has 1 amide bonds. The molecule has 2 aromatic carbocycles. The van der Waals surface area contributed by atoms with Gasteiger partial charge in [0.25, 0.3) is 5.91 Å². The number of phenols is 1. The predicted molar refractivity (Wildman–Crippen MR) is 82.1 cm³/mol. The number of hydrogen-bond acceptors (Lipinski definition) is 3. The molecule has 0 heterocycles. The lowest BCUT2D eigenvalue weighted by molar-refractivity contribution is 0.0696. The first kappa shape index (κ1) is 15.1. The van der Waals surface area contributed by atoms with Crippen LogP contribution >= 0.6 is 15.9 Å². The number of phenolic OH excluding ortho intramolecular Hbond substituents is 1. The van der Waals surface area contributed by atoms with Crippen molar-refractivity contribution in [2.45, 2.75) is 5.33 Å². The molecule has 0 spiro atoms. The quantitative estimate of drug-likeness (QED) is 0.584. The van der Waals surface area contributed by atoms with Crippen LogP contribution in [0.2, 0.25) is 0 Å². The third-order valence-corrected chi connectivity index (χ3v) is 3.51. The molecule has 0 atom stereocenters. The van der Waals surface area contributed by atoms with Crippen molar-refractivity contribution >= 4 is 33.5 Å². The highest BCUT2D eigenvalue weighted by atomic mass is 79.9. The normalized spacial score (nSPS) is 10.1. The van der Waals surface area contributed by atoms with E-state index in [2.05, 4.69) is 21.2 Å². The standard InChI is InChI=1S/C15H12BrNO4/c16-8-9-1-3-10(4-2-9)14(19)17-12-7-11(15(20)21)5-6-13(12)18/h1-7,18H,8H2,(H,17,19)(H,20,21). The third kappa shape index (κ3) is 3.61. The number of carbonyl (C=O) groups excluding carboxylic acids is 1. The van der Waals surface area contributed by atoms with Gasteiger partial charge in [0.15, 0.2) is 0 Å². The Labute approximate surface area is 129 Å². The van der Waals surface area contributed by atoms with Crippen molar-refractivity contribution in [1.29, 1.82) is 0 Å². The Morgan fingerprint density at radius 2 is 1.67 bits per heavy atom. The maximum atomic E-state index is 12.1. The number of carbonyl (C=O) groups is 2. The number of aromatic hydroxyl groups is 1. The van der Waals surface area contributed by atoms with Crippen LogP contribution in [0, 0.1) is 0 Å². The molecule has 0 saturated heterocycles. The number of rotatable bonds is 4. The van der Waals surface area contributed by atoms with Crippen molar-refractivity contribution in [3.05, 3.63) is 59.2 Å². The molecule has 5 nitrogen and oxygen atoms in total. The van der Waals surface area contributed by atoms with E-state index in [4.69, 9.17) is 5.11 Å². The van der Waals surface area contributed by atoms with E-state index in [-0.39, 0.29) is 17.0 Å². The highest BCUT2D eigenvalue weighted by Crippen LogP contribution is 2.25. The number of carboxylic acids is 1. The lowest BCUT2D eigenvalue weighted by Gasteiger charge is -2.08. The molecule has 0 saturated carbocycles. The third-order valence-electron chi connectivity index (χ3n) is 2.86. The second kappa shape index (κ2) is 6.41. The fraction of sp³-hybridized carbons (Fsp3) is 0.0667. The molecule has 21 heavy (non-hydrogen) atoms. The van der Waals surface area contributed by atoms with E-state index in [0.29, 0.717) is 10.9 Å². The number of aromatic carboxylic acids is 1. The van der Waals surface area contributed by atoms with Gasteiger partial charge in [-0.25, -0.2) is 4.79 Å². The van der Waals surface area contributed by atoms with Crippen LogP contribution in [0.3, 0.4) is 0 Å². The highest BCUT2D eigenvalue weighted by molar-refractivity contribution is 9.08. The number of carboxylic acid groups (broad SMARTS) is 1. The van der Waals surface area contributed by atoms with Crippen LogP contribution in [-0.4, -0.2) is 22.1 Å². The number of alkyl halides is 1. The van der Waals surface area contributed by atoms with Crippen LogP contribution in [0.15, 0.2) is 42.5 Å². The lowest BCUT2D eigenvalue weighted by atomic mass is 10.1. The Balaban J connectivity index is 2.22. The van der Waals surface area contributed by atoms with Gasteiger partial charge in [0.05, 0.1) is 11.3 Å². The highest BCUT2D eigenvalue weighted by Gasteiger charge is 2.12. The summed E-state index contributed by atoms with van der Waals surface area (Å²) < 4.78 is 0. The minimum Gasteiger partial charge on any atom is -0.506 e. The zero-order chi connectivity index (χ0) is 15.4. The summed E-state index contributed by atoms with van der Waals surface area (Å²) in [6.45, 7) is 0. The Morgan fingerprint density at radius 3 is 2.24 bits per heavy atom. The molecule has 0 radical (unpaired) electrons. The van der Waals surface area contributed by atoms with Gasteiger partial charge >= 0.3 is 5.97 Å². The van der Waals surface area contributed by atoms with Gasteiger partial charge in [-0.15, -0.1) is 0 Å². The molecule has 3 N–H and O–H groups in total. The van der Waals surface area contributed by atoms with Crippen molar-refractivity contribution in [1.82, 2.24) is 0 Å². The van der Waals surface area contributed by atoms with E-state index in [1.54, 1.807) is 24.3 Å². The van der Waals surface area contributed by atoms with Crippen molar-refractivity contribution in [2.75, 3.05) is 5.32 Å². The smallest absolute Gasteiger partial charge is 0.335 e. The zero-order valence-corrected chi connectivity index (χ0v) is 12.4. The van der Waals surface area contributed by atoms with Crippen LogP contribution < -0.4 is 5.32 Å². The minimum absolute atomic E-state index is 0.0160. The van der Waals surface area contributed by atoms with Crippen molar-refractivity contribution in [2.24, 2.45) is 0 Å². The first-order valence-electron chi connectivity index (χ1n) is 6.04. The molecule has 0 aliphatic rings. The molecular weight excluding hydrogens is 338 g/mol. The maximum Gasteiger partial charge on any atom is 0.335 e. The van der Waals surface area contributed by atoms with Gasteiger partial charge in [0.2, 0.25) is 0 Å². The molecule has 0 aliphatic heterocycles. The average Bonchev–Trinajstić information content (AvgIpc) is 2.49. The molecule has 108 valence electrons. The largest absolute Gasteiger partial charge is 0.506 e. The van der Waals surface area contributed by atoms with Crippen LogP contribution in [-0.2, 0) is 5.33 Å². The number of halogens is 1. The molecule has 0 fully saturated rings.